The van der Waals surface area contributed by atoms with E-state index >= 15 is 0 Å². The summed E-state index contributed by atoms with van der Waals surface area (Å²) >= 11 is 0. The first-order valence-electron chi connectivity index (χ1n) is 11.1. The average Bonchev–Trinajstić information content (AvgIpc) is 2.87. The molecule has 0 saturated carbocycles. The predicted octanol–water partition coefficient (Wildman–Crippen LogP) is 4.83. The van der Waals surface area contributed by atoms with Crippen molar-refractivity contribution in [3.63, 3.8) is 0 Å². The third-order valence-electron chi connectivity index (χ3n) is 6.26. The molecule has 1 heterocycles. The van der Waals surface area contributed by atoms with E-state index in [0.29, 0.717) is 19.8 Å². The minimum absolute atomic E-state index is 0.191. The van der Waals surface area contributed by atoms with Crippen molar-refractivity contribution in [2.45, 2.75) is 24.3 Å². The molecule has 0 radical (unpaired) electrons. The zero-order valence-electron chi connectivity index (χ0n) is 18.4. The summed E-state index contributed by atoms with van der Waals surface area (Å²) in [4.78, 5) is 13.1. The number of urea groups is 1. The first-order valence-corrected chi connectivity index (χ1v) is 11.1. The van der Waals surface area contributed by atoms with Gasteiger partial charge in [-0.2, -0.15) is 0 Å². The molecule has 4 rings (SSSR count). The quantitative estimate of drug-likeness (QED) is 0.564. The molecule has 3 aromatic carbocycles. The van der Waals surface area contributed by atoms with Crippen molar-refractivity contribution in [1.82, 2.24) is 10.6 Å². The standard InChI is InChI=1S/C27H30N2O3/c1-31-24-15-9-8-14-23(24)27(16-18-32-19-17-27)20-28-26(30)29-25(21-10-4-2-5-11-21)22-12-6-3-7-13-22/h2-15,25H,16-20H2,1H3,(H2,28,29,30). The second-order valence-electron chi connectivity index (χ2n) is 8.17. The number of amides is 2. The highest BCUT2D eigenvalue weighted by molar-refractivity contribution is 5.75. The number of methoxy groups -OCH3 is 1. The first kappa shape index (κ1) is 21.9. The zero-order valence-corrected chi connectivity index (χ0v) is 18.4. The zero-order chi connectivity index (χ0) is 22.2. The summed E-state index contributed by atoms with van der Waals surface area (Å²) in [5.74, 6) is 0.850. The van der Waals surface area contributed by atoms with Crippen molar-refractivity contribution in [2.24, 2.45) is 0 Å². The summed E-state index contributed by atoms with van der Waals surface area (Å²) in [5.41, 5.74) is 2.98. The Morgan fingerprint density at radius 3 is 2.06 bits per heavy atom. The summed E-state index contributed by atoms with van der Waals surface area (Å²) in [7, 11) is 1.69. The van der Waals surface area contributed by atoms with E-state index in [-0.39, 0.29) is 17.5 Å². The van der Waals surface area contributed by atoms with Gasteiger partial charge in [-0.15, -0.1) is 0 Å². The molecular formula is C27H30N2O3. The Bertz CT molecular complexity index is 962. The van der Waals surface area contributed by atoms with Crippen LogP contribution in [0.4, 0.5) is 4.79 Å². The normalized spacial score (nSPS) is 15.2. The highest BCUT2D eigenvalue weighted by Crippen LogP contribution is 2.39. The van der Waals surface area contributed by atoms with Crippen molar-refractivity contribution in [3.05, 3.63) is 102 Å². The maximum absolute atomic E-state index is 13.1. The lowest BCUT2D eigenvalue weighted by Gasteiger charge is -2.38. The molecule has 0 aromatic heterocycles. The van der Waals surface area contributed by atoms with Gasteiger partial charge in [-0.3, -0.25) is 0 Å². The number of hydrogen-bond acceptors (Lipinski definition) is 3. The van der Waals surface area contributed by atoms with E-state index in [9.17, 15) is 4.79 Å². The molecule has 5 heteroatoms. The lowest BCUT2D eigenvalue weighted by molar-refractivity contribution is 0.0498. The van der Waals surface area contributed by atoms with Gasteiger partial charge in [-0.1, -0.05) is 78.9 Å². The Morgan fingerprint density at radius 1 is 0.906 bits per heavy atom. The summed E-state index contributed by atoms with van der Waals surface area (Å²) in [6, 6.07) is 27.7. The molecule has 32 heavy (non-hydrogen) atoms. The molecule has 1 aliphatic heterocycles. The Hall–Kier alpha value is -3.31. The van der Waals surface area contributed by atoms with Gasteiger partial charge in [0.2, 0.25) is 0 Å². The van der Waals surface area contributed by atoms with Gasteiger partial charge >= 0.3 is 6.03 Å². The van der Waals surface area contributed by atoms with Gasteiger partial charge < -0.3 is 20.1 Å². The number of carbonyl (C=O) groups is 1. The monoisotopic (exact) mass is 430 g/mol. The SMILES string of the molecule is COc1ccccc1C1(CNC(=O)NC(c2ccccc2)c2ccccc2)CCOCC1. The van der Waals surface area contributed by atoms with Crippen LogP contribution in [-0.4, -0.2) is 32.9 Å². The number of hydrogen-bond donors (Lipinski definition) is 2. The van der Waals surface area contributed by atoms with Crippen LogP contribution in [-0.2, 0) is 10.2 Å². The van der Waals surface area contributed by atoms with Crippen LogP contribution in [0.2, 0.25) is 0 Å². The van der Waals surface area contributed by atoms with E-state index in [2.05, 4.69) is 16.7 Å². The number of para-hydroxylation sites is 1. The average molecular weight is 431 g/mol. The minimum Gasteiger partial charge on any atom is -0.496 e. The number of benzene rings is 3. The van der Waals surface area contributed by atoms with Crippen molar-refractivity contribution in [2.75, 3.05) is 26.9 Å². The van der Waals surface area contributed by atoms with Gasteiger partial charge in [0, 0.05) is 30.7 Å². The van der Waals surface area contributed by atoms with Crippen molar-refractivity contribution in [1.29, 1.82) is 0 Å². The van der Waals surface area contributed by atoms with E-state index in [1.807, 2.05) is 78.9 Å². The summed E-state index contributed by atoms with van der Waals surface area (Å²) in [5, 5.41) is 6.33. The van der Waals surface area contributed by atoms with Gasteiger partial charge in [0.15, 0.2) is 0 Å². The molecule has 2 amide bonds. The molecule has 1 fully saturated rings. The van der Waals surface area contributed by atoms with Crippen LogP contribution in [0, 0.1) is 0 Å². The molecule has 166 valence electrons. The Labute approximate surface area is 189 Å². The summed E-state index contributed by atoms with van der Waals surface area (Å²) < 4.78 is 11.3. The molecule has 0 unspecified atom stereocenters. The van der Waals surface area contributed by atoms with Crippen molar-refractivity contribution in [3.8, 4) is 5.75 Å². The number of rotatable bonds is 7. The molecule has 0 bridgehead atoms. The van der Waals surface area contributed by atoms with E-state index < -0.39 is 0 Å². The lowest BCUT2D eigenvalue weighted by atomic mass is 9.73. The number of carbonyl (C=O) groups excluding carboxylic acids is 1. The van der Waals surface area contributed by atoms with Gasteiger partial charge in [0.1, 0.15) is 5.75 Å². The molecule has 0 atom stereocenters. The van der Waals surface area contributed by atoms with Crippen LogP contribution in [0.5, 0.6) is 5.75 Å². The first-order chi connectivity index (χ1) is 15.7. The van der Waals surface area contributed by atoms with Crippen molar-refractivity contribution < 1.29 is 14.3 Å². The van der Waals surface area contributed by atoms with Crippen LogP contribution in [0.25, 0.3) is 0 Å². The fourth-order valence-corrected chi connectivity index (χ4v) is 4.47. The third-order valence-corrected chi connectivity index (χ3v) is 6.26. The van der Waals surface area contributed by atoms with E-state index in [4.69, 9.17) is 9.47 Å². The van der Waals surface area contributed by atoms with Gasteiger partial charge in [-0.25, -0.2) is 4.79 Å². The van der Waals surface area contributed by atoms with Gasteiger partial charge in [-0.05, 0) is 30.0 Å². The van der Waals surface area contributed by atoms with E-state index in [1.54, 1.807) is 7.11 Å². The third kappa shape index (κ3) is 4.94. The Kier molecular flexibility index (Phi) is 7.07. The molecule has 5 nitrogen and oxygen atoms in total. The Morgan fingerprint density at radius 2 is 1.47 bits per heavy atom. The fourth-order valence-electron chi connectivity index (χ4n) is 4.47. The Balaban J connectivity index is 1.53. The molecule has 2 N–H and O–H groups in total. The molecular weight excluding hydrogens is 400 g/mol. The number of ether oxygens (including phenoxy) is 2. The predicted molar refractivity (Wildman–Crippen MR) is 126 cm³/mol. The summed E-state index contributed by atoms with van der Waals surface area (Å²) in [6.45, 7) is 1.84. The van der Waals surface area contributed by atoms with Gasteiger partial charge in [0.25, 0.3) is 0 Å². The van der Waals surface area contributed by atoms with Crippen LogP contribution >= 0.6 is 0 Å². The van der Waals surface area contributed by atoms with E-state index in [1.165, 1.54) is 0 Å². The van der Waals surface area contributed by atoms with Crippen molar-refractivity contribution >= 4 is 6.03 Å². The molecule has 3 aromatic rings. The second kappa shape index (κ2) is 10.3. The highest BCUT2D eigenvalue weighted by atomic mass is 16.5. The fraction of sp³-hybridized carbons (Fsp3) is 0.296. The highest BCUT2D eigenvalue weighted by Gasteiger charge is 2.37. The maximum Gasteiger partial charge on any atom is 0.315 e. The molecule has 0 spiro atoms. The van der Waals surface area contributed by atoms with Crippen LogP contribution in [0.1, 0.15) is 35.6 Å². The van der Waals surface area contributed by atoms with Gasteiger partial charge in [0.05, 0.1) is 13.2 Å². The second-order valence-corrected chi connectivity index (χ2v) is 8.17. The number of nitrogens with one attached hydrogen (secondary N) is 2. The topological polar surface area (TPSA) is 59.6 Å². The smallest absolute Gasteiger partial charge is 0.315 e. The summed E-state index contributed by atoms with van der Waals surface area (Å²) in [6.07, 6.45) is 1.66. The molecule has 1 aliphatic rings. The lowest BCUT2D eigenvalue weighted by Crippen LogP contribution is -2.48. The molecule has 1 saturated heterocycles. The van der Waals surface area contributed by atoms with Crippen LogP contribution < -0.4 is 15.4 Å². The van der Waals surface area contributed by atoms with Crippen LogP contribution in [0.15, 0.2) is 84.9 Å². The maximum atomic E-state index is 13.1. The largest absolute Gasteiger partial charge is 0.496 e. The van der Waals surface area contributed by atoms with E-state index in [0.717, 1.165) is 35.3 Å². The minimum atomic E-state index is -0.227. The molecule has 0 aliphatic carbocycles. The van der Waals surface area contributed by atoms with Crippen LogP contribution in [0.3, 0.4) is 0 Å².